The molecular formula is C85H160O17P2. The molecule has 3 N–H and O–H groups in total. The lowest BCUT2D eigenvalue weighted by Crippen LogP contribution is -2.30. The molecule has 0 aliphatic heterocycles. The molecule has 0 fully saturated rings. The Morgan fingerprint density at radius 1 is 0.269 bits per heavy atom. The highest BCUT2D eigenvalue weighted by Gasteiger charge is 2.30. The molecule has 0 aromatic heterocycles. The van der Waals surface area contributed by atoms with E-state index in [4.69, 9.17) is 37.0 Å². The summed E-state index contributed by atoms with van der Waals surface area (Å²) < 4.78 is 68.8. The van der Waals surface area contributed by atoms with Gasteiger partial charge in [0.2, 0.25) is 0 Å². The number of hydrogen-bond donors (Lipinski definition) is 3. The molecule has 0 saturated carbocycles. The van der Waals surface area contributed by atoms with Crippen LogP contribution in [0.5, 0.6) is 0 Å². The fraction of sp³-hybridized carbons (Fsp3) is 0.882. The van der Waals surface area contributed by atoms with E-state index < -0.39 is 97.5 Å². The number of unbranched alkanes of at least 4 members (excludes halogenated alkanes) is 51. The van der Waals surface area contributed by atoms with Crippen molar-refractivity contribution in [2.24, 2.45) is 0 Å². The molecule has 0 aliphatic carbocycles. The Morgan fingerprint density at radius 2 is 0.471 bits per heavy atom. The highest BCUT2D eigenvalue weighted by molar-refractivity contribution is 7.47. The standard InChI is InChI=1S/C85H160O17P2/c1-5-9-13-17-21-25-29-33-37-39-43-46-50-54-58-62-66-70-83(88)96-76-80(101-84(89)71-67-63-59-55-51-47-42-36-32-28-24-20-16-12-8-4)77-99-103(91,92)97-73-79(86)74-98-104(93,94)100-78-81(75-95-82(87)69-65-61-57-53-49-45-41-35-31-27-23-19-15-11-7-3)102-85(90)72-68-64-60-56-52-48-44-40-38-34-30-26-22-18-14-10-6-2/h24,28,35-36,41-42,79-81,86H,5-23,25-27,29-34,37-40,43-78H2,1-4H3,(H,91,92)(H,93,94)/b28-24-,41-35-,42-36-/t79-,80-,81-/m1/s1. The summed E-state index contributed by atoms with van der Waals surface area (Å²) in [6.07, 6.45) is 76.7. The van der Waals surface area contributed by atoms with Crippen molar-refractivity contribution in [3.8, 4) is 0 Å². The highest BCUT2D eigenvalue weighted by atomic mass is 31.2. The van der Waals surface area contributed by atoms with Gasteiger partial charge in [0.05, 0.1) is 26.4 Å². The van der Waals surface area contributed by atoms with Gasteiger partial charge < -0.3 is 33.8 Å². The maximum atomic E-state index is 13.1. The summed E-state index contributed by atoms with van der Waals surface area (Å²) in [6.45, 7) is 4.96. The number of esters is 4. The van der Waals surface area contributed by atoms with Crippen molar-refractivity contribution >= 4 is 39.5 Å². The van der Waals surface area contributed by atoms with Crippen molar-refractivity contribution in [2.75, 3.05) is 39.6 Å². The number of carbonyl (C=O) groups is 4. The zero-order chi connectivity index (χ0) is 76.0. The largest absolute Gasteiger partial charge is 0.472 e. The van der Waals surface area contributed by atoms with E-state index in [1.807, 2.05) is 0 Å². The Morgan fingerprint density at radius 3 is 0.740 bits per heavy atom. The zero-order valence-electron chi connectivity index (χ0n) is 67.2. The zero-order valence-corrected chi connectivity index (χ0v) is 69.0. The van der Waals surface area contributed by atoms with Gasteiger partial charge in [-0.1, -0.05) is 353 Å². The van der Waals surface area contributed by atoms with Gasteiger partial charge in [-0.25, -0.2) is 9.13 Å². The summed E-state index contributed by atoms with van der Waals surface area (Å²) in [5.74, 6) is -2.14. The average molecular weight is 1520 g/mol. The third-order valence-electron chi connectivity index (χ3n) is 19.1. The molecule has 2 unspecified atom stereocenters. The Balaban J connectivity index is 5.31. The number of aliphatic hydroxyl groups is 1. The van der Waals surface area contributed by atoms with Crippen LogP contribution in [0.25, 0.3) is 0 Å². The first-order chi connectivity index (χ1) is 50.7. The van der Waals surface area contributed by atoms with Crippen molar-refractivity contribution < 1.29 is 80.2 Å². The average Bonchev–Trinajstić information content (AvgIpc) is 0.935. The summed E-state index contributed by atoms with van der Waals surface area (Å²) in [5.41, 5.74) is 0. The Labute approximate surface area is 636 Å². The predicted octanol–water partition coefficient (Wildman–Crippen LogP) is 25.5. The summed E-state index contributed by atoms with van der Waals surface area (Å²) in [4.78, 5) is 73.2. The third kappa shape index (κ3) is 77.4. The van der Waals surface area contributed by atoms with E-state index >= 15 is 0 Å². The smallest absolute Gasteiger partial charge is 0.462 e. The lowest BCUT2D eigenvalue weighted by atomic mass is 10.0. The predicted molar refractivity (Wildman–Crippen MR) is 428 cm³/mol. The maximum Gasteiger partial charge on any atom is 0.472 e. The van der Waals surface area contributed by atoms with Crippen LogP contribution in [0.4, 0.5) is 0 Å². The van der Waals surface area contributed by atoms with Crippen LogP contribution < -0.4 is 0 Å². The van der Waals surface area contributed by atoms with Gasteiger partial charge in [-0.15, -0.1) is 0 Å². The van der Waals surface area contributed by atoms with Crippen LogP contribution in [0.15, 0.2) is 36.5 Å². The normalized spacial score (nSPS) is 14.0. The number of ether oxygens (including phenoxy) is 4. The fourth-order valence-electron chi connectivity index (χ4n) is 12.5. The Hall–Kier alpha value is -2.72. The van der Waals surface area contributed by atoms with Gasteiger partial charge in [0.25, 0.3) is 0 Å². The van der Waals surface area contributed by atoms with E-state index in [-0.39, 0.29) is 25.7 Å². The van der Waals surface area contributed by atoms with Crippen LogP contribution in [0, 0.1) is 0 Å². The molecule has 0 rings (SSSR count). The highest BCUT2D eigenvalue weighted by Crippen LogP contribution is 2.45. The molecule has 0 bridgehead atoms. The maximum absolute atomic E-state index is 13.1. The van der Waals surface area contributed by atoms with E-state index in [2.05, 4.69) is 64.2 Å². The summed E-state index contributed by atoms with van der Waals surface area (Å²) >= 11 is 0. The minimum absolute atomic E-state index is 0.0866. The number of hydrogen-bond acceptors (Lipinski definition) is 15. The van der Waals surface area contributed by atoms with Crippen LogP contribution in [0.1, 0.15) is 426 Å². The molecule has 19 heteroatoms. The van der Waals surface area contributed by atoms with Crippen LogP contribution >= 0.6 is 15.6 Å². The summed E-state index contributed by atoms with van der Waals surface area (Å²) in [6, 6.07) is 0. The lowest BCUT2D eigenvalue weighted by Gasteiger charge is -2.21. The van der Waals surface area contributed by atoms with E-state index in [9.17, 15) is 43.2 Å². The topological polar surface area (TPSA) is 237 Å². The van der Waals surface area contributed by atoms with Gasteiger partial charge in [0, 0.05) is 25.7 Å². The first kappa shape index (κ1) is 101. The first-order valence-corrected chi connectivity index (χ1v) is 46.2. The molecule has 612 valence electrons. The number of carbonyl (C=O) groups excluding carboxylic acids is 4. The lowest BCUT2D eigenvalue weighted by molar-refractivity contribution is -0.161. The van der Waals surface area contributed by atoms with E-state index in [0.29, 0.717) is 25.7 Å². The quantitative estimate of drug-likeness (QED) is 0.0169. The second-order valence-corrected chi connectivity index (χ2v) is 32.4. The van der Waals surface area contributed by atoms with Crippen LogP contribution in [-0.2, 0) is 65.4 Å². The SMILES string of the molecule is CCCCC/C=C\C/C=C\CCCCCCCC(=O)O[C@H](COC(=O)CCCCCCCCCCCCCCCCCCC)COP(=O)(O)OC[C@@H](O)COP(=O)(O)OC[C@@H](COC(=O)CCCCCCC/C=C\CCCCCCCC)OC(=O)CCCCCCCCCCCCCCCCCCC. The van der Waals surface area contributed by atoms with Crippen molar-refractivity contribution in [3.63, 3.8) is 0 Å². The second kappa shape index (κ2) is 78.4. The van der Waals surface area contributed by atoms with Gasteiger partial charge >= 0.3 is 39.5 Å². The summed E-state index contributed by atoms with van der Waals surface area (Å²) in [7, 11) is -9.94. The van der Waals surface area contributed by atoms with Crippen molar-refractivity contribution in [3.05, 3.63) is 36.5 Å². The first-order valence-electron chi connectivity index (χ1n) is 43.2. The molecule has 0 heterocycles. The molecule has 0 spiro atoms. The van der Waals surface area contributed by atoms with Gasteiger partial charge in [-0.05, 0) is 83.5 Å². The molecule has 0 aromatic rings. The van der Waals surface area contributed by atoms with E-state index in [1.165, 1.54) is 218 Å². The van der Waals surface area contributed by atoms with E-state index in [0.717, 1.165) is 128 Å². The molecule has 104 heavy (non-hydrogen) atoms. The molecule has 5 atom stereocenters. The molecule has 0 amide bonds. The van der Waals surface area contributed by atoms with Crippen LogP contribution in [0.2, 0.25) is 0 Å². The van der Waals surface area contributed by atoms with Crippen molar-refractivity contribution in [2.45, 2.75) is 444 Å². The van der Waals surface area contributed by atoms with Crippen LogP contribution in [0.3, 0.4) is 0 Å². The fourth-order valence-corrected chi connectivity index (χ4v) is 14.1. The second-order valence-electron chi connectivity index (χ2n) is 29.5. The van der Waals surface area contributed by atoms with Gasteiger partial charge in [0.1, 0.15) is 19.3 Å². The molecule has 0 saturated heterocycles. The molecule has 0 radical (unpaired) electrons. The molecular weight excluding hydrogens is 1350 g/mol. The minimum atomic E-state index is -4.97. The number of rotatable bonds is 83. The number of phosphoric ester groups is 2. The Bertz CT molecular complexity index is 2110. The van der Waals surface area contributed by atoms with Crippen molar-refractivity contribution in [1.29, 1.82) is 0 Å². The third-order valence-corrected chi connectivity index (χ3v) is 21.0. The molecule has 17 nitrogen and oxygen atoms in total. The summed E-state index contributed by atoms with van der Waals surface area (Å²) in [5, 5.41) is 10.7. The van der Waals surface area contributed by atoms with Gasteiger partial charge in [-0.2, -0.15) is 0 Å². The Kier molecular flexibility index (Phi) is 76.4. The number of phosphoric acid groups is 2. The van der Waals surface area contributed by atoms with E-state index in [1.54, 1.807) is 0 Å². The monoisotopic (exact) mass is 1520 g/mol. The number of allylic oxidation sites excluding steroid dienone is 6. The van der Waals surface area contributed by atoms with Gasteiger partial charge in [0.15, 0.2) is 12.2 Å². The molecule has 0 aromatic carbocycles. The van der Waals surface area contributed by atoms with Gasteiger partial charge in [-0.3, -0.25) is 37.3 Å². The van der Waals surface area contributed by atoms with Crippen LogP contribution in [-0.4, -0.2) is 96.7 Å². The number of aliphatic hydroxyl groups excluding tert-OH is 1. The minimum Gasteiger partial charge on any atom is -0.462 e. The van der Waals surface area contributed by atoms with Crippen molar-refractivity contribution in [1.82, 2.24) is 0 Å². The molecule has 0 aliphatic rings.